The smallest absolute Gasteiger partial charge is 0.226 e. The molecule has 0 spiro atoms. The van der Waals surface area contributed by atoms with Crippen molar-refractivity contribution in [2.45, 2.75) is 13.0 Å². The van der Waals surface area contributed by atoms with Crippen LogP contribution in [0.25, 0.3) is 0 Å². The van der Waals surface area contributed by atoms with Gasteiger partial charge >= 0.3 is 0 Å². The van der Waals surface area contributed by atoms with Crippen molar-refractivity contribution in [3.8, 4) is 0 Å². The monoisotopic (exact) mass is 231 g/mol. The predicted molar refractivity (Wildman–Crippen MR) is 48.3 cm³/mol. The van der Waals surface area contributed by atoms with Crippen LogP contribution in [0.3, 0.4) is 0 Å². The molecule has 0 aliphatic rings. The van der Waals surface area contributed by atoms with Gasteiger partial charge in [-0.3, -0.25) is 0 Å². The molecule has 0 heterocycles. The Morgan fingerprint density at radius 1 is 1.31 bits per heavy atom. The number of sulfonamides is 1. The lowest BCUT2D eigenvalue weighted by Gasteiger charge is -2.10. The van der Waals surface area contributed by atoms with Crippen molar-refractivity contribution in [2.75, 3.05) is 17.9 Å². The molecule has 1 atom stereocenters. The van der Waals surface area contributed by atoms with E-state index in [4.69, 9.17) is 5.11 Å². The summed E-state index contributed by atoms with van der Waals surface area (Å²) < 4.78 is 45.3. The molecule has 0 aliphatic carbocycles. The second kappa shape index (κ2) is 4.36. The normalized spacial score (nSPS) is 15.6. The second-order valence-corrected chi connectivity index (χ2v) is 7.12. The van der Waals surface area contributed by atoms with Crippen LogP contribution in [-0.2, 0) is 19.9 Å². The van der Waals surface area contributed by atoms with Gasteiger partial charge in [-0.1, -0.05) is 0 Å². The molecule has 0 saturated carbocycles. The van der Waals surface area contributed by atoms with Crippen LogP contribution in [0.15, 0.2) is 0 Å². The molecule has 8 heteroatoms. The van der Waals surface area contributed by atoms with Gasteiger partial charge in [0.15, 0.2) is 14.9 Å². The van der Waals surface area contributed by atoms with E-state index in [-0.39, 0.29) is 6.61 Å². The summed E-state index contributed by atoms with van der Waals surface area (Å²) in [6.45, 7) is 1.06. The van der Waals surface area contributed by atoms with Crippen LogP contribution in [0.2, 0.25) is 0 Å². The SMILES string of the molecule is C[C@H](CO)NS(=O)(=O)CS(C)(=O)=O. The highest BCUT2D eigenvalue weighted by atomic mass is 32.3. The zero-order chi connectivity index (χ0) is 10.7. The molecule has 2 N–H and O–H groups in total. The Morgan fingerprint density at radius 3 is 2.08 bits per heavy atom. The molecule has 0 bridgehead atoms. The molecule has 0 aliphatic heterocycles. The largest absolute Gasteiger partial charge is 0.395 e. The summed E-state index contributed by atoms with van der Waals surface area (Å²) in [7, 11) is -7.42. The first-order valence-electron chi connectivity index (χ1n) is 3.45. The highest BCUT2D eigenvalue weighted by Crippen LogP contribution is 1.94. The molecule has 0 saturated heterocycles. The van der Waals surface area contributed by atoms with E-state index < -0.39 is 31.0 Å². The standard InChI is InChI=1S/C5H13NO5S2/c1-5(3-7)6-13(10,11)4-12(2,8)9/h5-7H,3-4H2,1-2H3/t5-/m1/s1. The van der Waals surface area contributed by atoms with Crippen molar-refractivity contribution in [3.63, 3.8) is 0 Å². The van der Waals surface area contributed by atoms with Gasteiger partial charge in [0.05, 0.1) is 6.61 Å². The van der Waals surface area contributed by atoms with E-state index in [9.17, 15) is 16.8 Å². The first-order valence-corrected chi connectivity index (χ1v) is 7.16. The zero-order valence-corrected chi connectivity index (χ0v) is 9.02. The van der Waals surface area contributed by atoms with Crippen molar-refractivity contribution < 1.29 is 21.9 Å². The first-order chi connectivity index (χ1) is 5.66. The quantitative estimate of drug-likeness (QED) is 0.586. The Labute approximate surface area is 77.9 Å². The molecule has 0 rings (SSSR count). The molecule has 0 amide bonds. The maximum Gasteiger partial charge on any atom is 0.226 e. The van der Waals surface area contributed by atoms with Crippen LogP contribution in [0, 0.1) is 0 Å². The van der Waals surface area contributed by atoms with Gasteiger partial charge < -0.3 is 5.11 Å². The first kappa shape index (κ1) is 12.8. The van der Waals surface area contributed by atoms with E-state index >= 15 is 0 Å². The summed E-state index contributed by atoms with van der Waals surface area (Å²) >= 11 is 0. The van der Waals surface area contributed by atoms with Crippen LogP contribution in [-0.4, -0.2) is 45.9 Å². The number of aliphatic hydroxyl groups is 1. The topological polar surface area (TPSA) is 101 Å². The Balaban J connectivity index is 4.45. The van der Waals surface area contributed by atoms with E-state index in [1.54, 1.807) is 0 Å². The van der Waals surface area contributed by atoms with Gasteiger partial charge in [0.1, 0.15) is 0 Å². The van der Waals surface area contributed by atoms with Gasteiger partial charge in [-0.15, -0.1) is 0 Å². The van der Waals surface area contributed by atoms with Gasteiger partial charge in [0, 0.05) is 12.3 Å². The summed E-state index contributed by atoms with van der Waals surface area (Å²) in [5.74, 6) is 0. The highest BCUT2D eigenvalue weighted by molar-refractivity contribution is 8.06. The highest BCUT2D eigenvalue weighted by Gasteiger charge is 2.19. The molecule has 80 valence electrons. The molecule has 0 aromatic rings. The van der Waals surface area contributed by atoms with E-state index in [1.165, 1.54) is 6.92 Å². The van der Waals surface area contributed by atoms with Crippen molar-refractivity contribution in [1.29, 1.82) is 0 Å². The average Bonchev–Trinajstić information content (AvgIpc) is 1.80. The number of aliphatic hydroxyl groups excluding tert-OH is 1. The third kappa shape index (κ3) is 6.94. The van der Waals surface area contributed by atoms with Crippen LogP contribution in [0.5, 0.6) is 0 Å². The number of rotatable bonds is 5. The maximum absolute atomic E-state index is 11.0. The van der Waals surface area contributed by atoms with Crippen molar-refractivity contribution in [1.82, 2.24) is 4.72 Å². The second-order valence-electron chi connectivity index (χ2n) is 2.86. The Hall–Kier alpha value is -0.180. The minimum atomic E-state index is -3.85. The van der Waals surface area contributed by atoms with Gasteiger partial charge in [-0.25, -0.2) is 21.6 Å². The minimum absolute atomic E-state index is 0.372. The fourth-order valence-electron chi connectivity index (χ4n) is 0.660. The number of nitrogens with one attached hydrogen (secondary N) is 1. The van der Waals surface area contributed by atoms with Crippen molar-refractivity contribution in [2.24, 2.45) is 0 Å². The minimum Gasteiger partial charge on any atom is -0.395 e. The maximum atomic E-state index is 11.0. The molecule has 6 nitrogen and oxygen atoms in total. The third-order valence-electron chi connectivity index (χ3n) is 1.02. The molecule has 0 aromatic carbocycles. The Morgan fingerprint density at radius 2 is 1.77 bits per heavy atom. The van der Waals surface area contributed by atoms with E-state index in [0.717, 1.165) is 6.26 Å². The fourth-order valence-corrected chi connectivity index (χ4v) is 3.87. The molecule has 13 heavy (non-hydrogen) atoms. The average molecular weight is 231 g/mol. The number of sulfone groups is 1. The fraction of sp³-hybridized carbons (Fsp3) is 1.00. The van der Waals surface area contributed by atoms with Gasteiger partial charge in [-0.2, -0.15) is 0 Å². The van der Waals surface area contributed by atoms with Gasteiger partial charge in [0.2, 0.25) is 10.0 Å². The van der Waals surface area contributed by atoms with E-state index in [0.29, 0.717) is 0 Å². The zero-order valence-electron chi connectivity index (χ0n) is 7.39. The van der Waals surface area contributed by atoms with E-state index in [1.807, 2.05) is 4.72 Å². The van der Waals surface area contributed by atoms with E-state index in [2.05, 4.69) is 0 Å². The van der Waals surface area contributed by atoms with Crippen molar-refractivity contribution in [3.05, 3.63) is 0 Å². The lowest BCUT2D eigenvalue weighted by molar-refractivity contribution is 0.265. The third-order valence-corrected chi connectivity index (χ3v) is 4.74. The summed E-state index contributed by atoms with van der Waals surface area (Å²) in [6, 6.07) is -0.674. The van der Waals surface area contributed by atoms with Crippen LogP contribution in [0.4, 0.5) is 0 Å². The Kier molecular flexibility index (Phi) is 4.30. The van der Waals surface area contributed by atoms with Crippen LogP contribution >= 0.6 is 0 Å². The van der Waals surface area contributed by atoms with Gasteiger partial charge in [-0.05, 0) is 6.92 Å². The number of hydrogen-bond donors (Lipinski definition) is 2. The summed E-state index contributed by atoms with van der Waals surface area (Å²) in [5, 5.41) is 7.57. The lowest BCUT2D eigenvalue weighted by Crippen LogP contribution is -2.38. The van der Waals surface area contributed by atoms with Gasteiger partial charge in [0.25, 0.3) is 0 Å². The molecule has 0 fully saturated rings. The summed E-state index contributed by atoms with van der Waals surface area (Å²) in [4.78, 5) is 0. The molecule has 0 unspecified atom stereocenters. The molecular weight excluding hydrogens is 218 g/mol. The lowest BCUT2D eigenvalue weighted by atomic mass is 10.4. The summed E-state index contributed by atoms with van der Waals surface area (Å²) in [5.41, 5.74) is 0. The van der Waals surface area contributed by atoms with Crippen LogP contribution < -0.4 is 4.72 Å². The molecular formula is C5H13NO5S2. The van der Waals surface area contributed by atoms with Crippen LogP contribution in [0.1, 0.15) is 6.92 Å². The van der Waals surface area contributed by atoms with Crippen molar-refractivity contribution >= 4 is 19.9 Å². The molecule has 0 radical (unpaired) electrons. The Bertz CT molecular complexity index is 343. The molecule has 0 aromatic heterocycles. The predicted octanol–water partition coefficient (Wildman–Crippen LogP) is -1.71. The summed E-state index contributed by atoms with van der Waals surface area (Å²) in [6.07, 6.45) is 0.829. The number of hydrogen-bond acceptors (Lipinski definition) is 5.